The number of aryl methyl sites for hydroxylation is 1. The van der Waals surface area contributed by atoms with E-state index in [1.165, 1.54) is 5.56 Å². The van der Waals surface area contributed by atoms with Gasteiger partial charge in [0.2, 0.25) is 0 Å². The molecule has 0 atom stereocenters. The maximum Gasteiger partial charge on any atom is 0.332 e. The molecular formula is C12H12ClN3O. The lowest BCUT2D eigenvalue weighted by molar-refractivity contribution is 0.249. The number of fused-ring (bicyclic) bond motifs is 1. The molecule has 0 radical (unpaired) electrons. The summed E-state index contributed by atoms with van der Waals surface area (Å²) in [6.07, 6.45) is 3.27. The largest absolute Gasteiger partial charge is 0.350 e. The number of rotatable bonds is 2. The third-order valence-corrected chi connectivity index (χ3v) is 3.04. The number of carbonyl (C=O) groups is 1. The summed E-state index contributed by atoms with van der Waals surface area (Å²) in [6, 6.07) is 7.30. The van der Waals surface area contributed by atoms with Crippen LogP contribution in [0.25, 0.3) is 5.03 Å². The molecule has 88 valence electrons. The average molecular weight is 250 g/mol. The van der Waals surface area contributed by atoms with Gasteiger partial charge >= 0.3 is 6.03 Å². The van der Waals surface area contributed by atoms with Crippen molar-refractivity contribution in [1.82, 2.24) is 5.43 Å². The summed E-state index contributed by atoms with van der Waals surface area (Å²) in [6.45, 7) is 0. The highest BCUT2D eigenvalue weighted by Gasteiger charge is 2.15. The fraction of sp³-hybridized carbons (Fsp3) is 0.167. The molecule has 2 amide bonds. The molecule has 0 saturated carbocycles. The van der Waals surface area contributed by atoms with E-state index in [1.54, 1.807) is 6.21 Å². The highest BCUT2D eigenvalue weighted by atomic mass is 35.5. The van der Waals surface area contributed by atoms with E-state index in [9.17, 15) is 4.79 Å². The molecule has 2 rings (SSSR count). The van der Waals surface area contributed by atoms with E-state index in [1.807, 2.05) is 18.2 Å². The van der Waals surface area contributed by atoms with Gasteiger partial charge in [-0.1, -0.05) is 35.9 Å². The standard InChI is InChI=1S/C12H12ClN3O/c13-11-9(7-15-16-12(14)17)6-5-8-3-1-2-4-10(8)11/h1-4,7H,5-6H2,(H3,14,16,17). The Morgan fingerprint density at radius 2 is 2.18 bits per heavy atom. The van der Waals surface area contributed by atoms with Crippen LogP contribution in [0.15, 0.2) is 34.9 Å². The molecule has 0 fully saturated rings. The van der Waals surface area contributed by atoms with Crippen molar-refractivity contribution in [3.05, 3.63) is 41.0 Å². The van der Waals surface area contributed by atoms with Crippen molar-refractivity contribution in [3.63, 3.8) is 0 Å². The number of nitrogens with two attached hydrogens (primary N) is 1. The first kappa shape index (κ1) is 11.7. The van der Waals surface area contributed by atoms with Crippen LogP contribution in [-0.4, -0.2) is 12.2 Å². The Morgan fingerprint density at radius 1 is 1.41 bits per heavy atom. The topological polar surface area (TPSA) is 67.5 Å². The van der Waals surface area contributed by atoms with Gasteiger partial charge in [0.25, 0.3) is 0 Å². The molecule has 17 heavy (non-hydrogen) atoms. The van der Waals surface area contributed by atoms with E-state index in [0.717, 1.165) is 24.0 Å². The summed E-state index contributed by atoms with van der Waals surface area (Å²) < 4.78 is 0. The van der Waals surface area contributed by atoms with Crippen LogP contribution >= 0.6 is 11.6 Å². The first-order valence-electron chi connectivity index (χ1n) is 5.24. The number of nitrogens with zero attached hydrogens (tertiary/aromatic N) is 1. The zero-order valence-corrected chi connectivity index (χ0v) is 9.87. The summed E-state index contributed by atoms with van der Waals surface area (Å²) in [5.41, 5.74) is 10.2. The van der Waals surface area contributed by atoms with Gasteiger partial charge < -0.3 is 5.73 Å². The molecule has 0 bridgehead atoms. The van der Waals surface area contributed by atoms with Crippen molar-refractivity contribution in [2.24, 2.45) is 10.8 Å². The van der Waals surface area contributed by atoms with Gasteiger partial charge in [0.15, 0.2) is 0 Å². The van der Waals surface area contributed by atoms with Gasteiger partial charge in [0, 0.05) is 0 Å². The minimum absolute atomic E-state index is 0.682. The molecule has 0 aromatic heterocycles. The Morgan fingerprint density at radius 3 is 2.94 bits per heavy atom. The molecule has 1 aliphatic rings. The number of halogens is 1. The summed E-state index contributed by atoms with van der Waals surface area (Å²) in [5.74, 6) is 0. The molecular weight excluding hydrogens is 238 g/mol. The smallest absolute Gasteiger partial charge is 0.332 e. The number of urea groups is 1. The number of primary amides is 1. The second-order valence-corrected chi connectivity index (χ2v) is 4.11. The normalized spacial score (nSPS) is 14.9. The van der Waals surface area contributed by atoms with Crippen molar-refractivity contribution in [2.45, 2.75) is 12.8 Å². The number of amides is 2. The monoisotopic (exact) mass is 249 g/mol. The lowest BCUT2D eigenvalue weighted by Gasteiger charge is -2.16. The minimum atomic E-state index is -0.686. The number of nitrogens with one attached hydrogen (secondary N) is 1. The minimum Gasteiger partial charge on any atom is -0.350 e. The molecule has 1 aromatic rings. The van der Waals surface area contributed by atoms with Crippen LogP contribution in [0.2, 0.25) is 0 Å². The highest BCUT2D eigenvalue weighted by Crippen LogP contribution is 2.32. The van der Waals surface area contributed by atoms with E-state index in [2.05, 4.69) is 16.6 Å². The van der Waals surface area contributed by atoms with Gasteiger partial charge in [0.05, 0.1) is 11.2 Å². The van der Waals surface area contributed by atoms with E-state index in [-0.39, 0.29) is 0 Å². The fourth-order valence-corrected chi connectivity index (χ4v) is 2.13. The molecule has 0 spiro atoms. The zero-order valence-electron chi connectivity index (χ0n) is 9.11. The first-order valence-corrected chi connectivity index (χ1v) is 5.61. The predicted octanol–water partition coefficient (Wildman–Crippen LogP) is 2.24. The van der Waals surface area contributed by atoms with Crippen molar-refractivity contribution in [3.8, 4) is 0 Å². The number of hydrogen-bond donors (Lipinski definition) is 2. The molecule has 1 aromatic carbocycles. The van der Waals surface area contributed by atoms with Gasteiger partial charge in [-0.05, 0) is 29.5 Å². The predicted molar refractivity (Wildman–Crippen MR) is 68.7 cm³/mol. The SMILES string of the molecule is NC(=O)NN=CC1=C(Cl)c2ccccc2CC1. The molecule has 5 heteroatoms. The number of hydrogen-bond acceptors (Lipinski definition) is 2. The lowest BCUT2D eigenvalue weighted by atomic mass is 9.92. The number of benzene rings is 1. The van der Waals surface area contributed by atoms with Crippen molar-refractivity contribution in [1.29, 1.82) is 0 Å². The zero-order chi connectivity index (χ0) is 12.3. The maximum atomic E-state index is 10.5. The molecule has 4 nitrogen and oxygen atoms in total. The Kier molecular flexibility index (Phi) is 3.44. The Labute approximate surface area is 104 Å². The summed E-state index contributed by atoms with van der Waals surface area (Å²) in [5, 5.41) is 4.41. The number of hydrazone groups is 1. The molecule has 1 aliphatic carbocycles. The third-order valence-electron chi connectivity index (χ3n) is 2.59. The van der Waals surface area contributed by atoms with Crippen LogP contribution in [0.3, 0.4) is 0 Å². The van der Waals surface area contributed by atoms with Crippen LogP contribution < -0.4 is 11.2 Å². The second kappa shape index (κ2) is 5.01. The van der Waals surface area contributed by atoms with E-state index in [4.69, 9.17) is 17.3 Å². The number of allylic oxidation sites excluding steroid dienone is 1. The van der Waals surface area contributed by atoms with Crippen LogP contribution in [0.5, 0.6) is 0 Å². The fourth-order valence-electron chi connectivity index (χ4n) is 1.80. The van der Waals surface area contributed by atoms with Crippen LogP contribution in [-0.2, 0) is 6.42 Å². The summed E-state index contributed by atoms with van der Waals surface area (Å²) in [4.78, 5) is 10.5. The Bertz CT molecular complexity index is 508. The molecule has 0 aliphatic heterocycles. The van der Waals surface area contributed by atoms with Crippen molar-refractivity contribution < 1.29 is 4.79 Å². The Hall–Kier alpha value is -1.81. The number of carbonyl (C=O) groups excluding carboxylic acids is 1. The van der Waals surface area contributed by atoms with Crippen LogP contribution in [0.1, 0.15) is 17.5 Å². The van der Waals surface area contributed by atoms with E-state index >= 15 is 0 Å². The summed E-state index contributed by atoms with van der Waals surface area (Å²) >= 11 is 6.27. The molecule has 0 saturated heterocycles. The second-order valence-electron chi connectivity index (χ2n) is 3.73. The van der Waals surface area contributed by atoms with Gasteiger partial charge in [-0.15, -0.1) is 0 Å². The molecule has 3 N–H and O–H groups in total. The Balaban J connectivity index is 2.25. The first-order chi connectivity index (χ1) is 8.18. The lowest BCUT2D eigenvalue weighted by Crippen LogP contribution is -2.24. The molecule has 0 heterocycles. The maximum absolute atomic E-state index is 10.5. The van der Waals surface area contributed by atoms with E-state index in [0.29, 0.717) is 5.03 Å². The third kappa shape index (κ3) is 2.65. The van der Waals surface area contributed by atoms with Crippen molar-refractivity contribution >= 4 is 28.9 Å². The van der Waals surface area contributed by atoms with Crippen LogP contribution in [0.4, 0.5) is 4.79 Å². The van der Waals surface area contributed by atoms with Crippen LogP contribution in [0, 0.1) is 0 Å². The van der Waals surface area contributed by atoms with Gasteiger partial charge in [-0.25, -0.2) is 10.2 Å². The highest BCUT2D eigenvalue weighted by molar-refractivity contribution is 6.50. The quantitative estimate of drug-likeness (QED) is 0.613. The van der Waals surface area contributed by atoms with Gasteiger partial charge in [0.1, 0.15) is 0 Å². The molecule has 0 unspecified atom stereocenters. The van der Waals surface area contributed by atoms with E-state index < -0.39 is 6.03 Å². The van der Waals surface area contributed by atoms with Gasteiger partial charge in [-0.2, -0.15) is 5.10 Å². The van der Waals surface area contributed by atoms with Gasteiger partial charge in [-0.3, -0.25) is 0 Å². The summed E-state index contributed by atoms with van der Waals surface area (Å²) in [7, 11) is 0. The average Bonchev–Trinajstić information content (AvgIpc) is 2.32. The van der Waals surface area contributed by atoms with Crippen molar-refractivity contribution in [2.75, 3.05) is 0 Å².